The Morgan fingerprint density at radius 1 is 1.18 bits per heavy atom. The Morgan fingerprint density at radius 3 is 2.71 bits per heavy atom. The molecule has 5 nitrogen and oxygen atoms in total. The molecule has 2 aromatic carbocycles. The molecule has 1 amide bonds. The van der Waals surface area contributed by atoms with Crippen molar-refractivity contribution in [2.24, 2.45) is 5.92 Å². The van der Waals surface area contributed by atoms with E-state index in [1.54, 1.807) is 38.5 Å². The quantitative estimate of drug-likeness (QED) is 0.721. The van der Waals surface area contributed by atoms with Crippen molar-refractivity contribution in [3.8, 4) is 11.5 Å². The van der Waals surface area contributed by atoms with Gasteiger partial charge in [-0.05, 0) is 49.2 Å². The smallest absolute Gasteiger partial charge is 0.228 e. The minimum Gasteiger partial charge on any atom is -0.497 e. The van der Waals surface area contributed by atoms with Gasteiger partial charge in [0.05, 0.1) is 25.8 Å². The van der Waals surface area contributed by atoms with Gasteiger partial charge < -0.3 is 14.8 Å². The third-order valence-corrected chi connectivity index (χ3v) is 5.54. The van der Waals surface area contributed by atoms with Crippen LogP contribution in [0.3, 0.4) is 0 Å². The molecule has 0 aromatic heterocycles. The van der Waals surface area contributed by atoms with E-state index in [1.807, 2.05) is 12.1 Å². The molecule has 1 atom stereocenters. The highest BCUT2D eigenvalue weighted by atomic mass is 35.5. The highest BCUT2D eigenvalue weighted by Gasteiger charge is 2.27. The number of benzene rings is 2. The zero-order chi connectivity index (χ0) is 20.1. The molecule has 2 aromatic rings. The number of piperidine rings is 1. The molecule has 1 fully saturated rings. The first-order chi connectivity index (χ1) is 13.5. The van der Waals surface area contributed by atoms with Crippen molar-refractivity contribution in [3.05, 3.63) is 52.0 Å². The minimum absolute atomic E-state index is 0.0153. The van der Waals surface area contributed by atoms with Crippen LogP contribution >= 0.6 is 23.2 Å². The first kappa shape index (κ1) is 20.8. The average molecular weight is 423 g/mol. The van der Waals surface area contributed by atoms with Gasteiger partial charge in [-0.25, -0.2) is 0 Å². The van der Waals surface area contributed by atoms with E-state index in [-0.39, 0.29) is 11.8 Å². The maximum Gasteiger partial charge on any atom is 0.228 e. The lowest BCUT2D eigenvalue weighted by atomic mass is 9.96. The van der Waals surface area contributed by atoms with E-state index in [0.29, 0.717) is 40.3 Å². The number of hydrogen-bond donors (Lipinski definition) is 1. The van der Waals surface area contributed by atoms with E-state index in [9.17, 15) is 4.79 Å². The Bertz CT molecular complexity index is 844. The molecule has 0 spiro atoms. The normalized spacial score (nSPS) is 17.2. The van der Waals surface area contributed by atoms with E-state index < -0.39 is 0 Å². The van der Waals surface area contributed by atoms with E-state index in [4.69, 9.17) is 32.7 Å². The number of ether oxygens (including phenoxy) is 2. The van der Waals surface area contributed by atoms with Gasteiger partial charge in [0.1, 0.15) is 11.5 Å². The van der Waals surface area contributed by atoms with Gasteiger partial charge in [-0.2, -0.15) is 0 Å². The number of nitrogens with one attached hydrogen (secondary N) is 1. The predicted octanol–water partition coefficient (Wildman–Crippen LogP) is 4.86. The first-order valence-electron chi connectivity index (χ1n) is 9.19. The summed E-state index contributed by atoms with van der Waals surface area (Å²) in [6, 6.07) is 10.9. The summed E-state index contributed by atoms with van der Waals surface area (Å²) in [5.41, 5.74) is 1.63. The van der Waals surface area contributed by atoms with E-state index in [2.05, 4.69) is 10.2 Å². The second-order valence-corrected chi connectivity index (χ2v) is 7.71. The topological polar surface area (TPSA) is 50.8 Å². The Labute approximate surface area is 175 Å². The fourth-order valence-corrected chi connectivity index (χ4v) is 3.92. The molecule has 1 aliphatic rings. The summed E-state index contributed by atoms with van der Waals surface area (Å²) in [6.45, 7) is 2.31. The number of hydrogen-bond acceptors (Lipinski definition) is 4. The van der Waals surface area contributed by atoms with Gasteiger partial charge in [0.15, 0.2) is 0 Å². The van der Waals surface area contributed by atoms with Gasteiger partial charge >= 0.3 is 0 Å². The summed E-state index contributed by atoms with van der Waals surface area (Å²) >= 11 is 12.3. The number of likely N-dealkylation sites (tertiary alicyclic amines) is 1. The molecule has 1 aliphatic heterocycles. The molecule has 28 heavy (non-hydrogen) atoms. The van der Waals surface area contributed by atoms with E-state index in [1.165, 1.54) is 0 Å². The van der Waals surface area contributed by atoms with E-state index >= 15 is 0 Å². The third-order valence-electron chi connectivity index (χ3n) is 4.95. The molecular weight excluding hydrogens is 399 g/mol. The number of halogens is 2. The molecule has 1 heterocycles. The number of anilines is 1. The monoisotopic (exact) mass is 422 g/mol. The summed E-state index contributed by atoms with van der Waals surface area (Å²) in [5.74, 6) is 1.16. The van der Waals surface area contributed by atoms with Crippen LogP contribution in [-0.4, -0.2) is 38.1 Å². The number of carbonyl (C=O) groups excluding carboxylic acids is 1. The van der Waals surface area contributed by atoms with Crippen LogP contribution in [0.25, 0.3) is 0 Å². The summed E-state index contributed by atoms with van der Waals surface area (Å²) in [6.07, 6.45) is 1.81. The maximum atomic E-state index is 12.9. The van der Waals surface area contributed by atoms with Crippen molar-refractivity contribution in [2.75, 3.05) is 32.6 Å². The van der Waals surface area contributed by atoms with Crippen molar-refractivity contribution in [2.45, 2.75) is 19.4 Å². The van der Waals surface area contributed by atoms with E-state index in [0.717, 1.165) is 24.9 Å². The number of rotatable bonds is 6. The lowest BCUT2D eigenvalue weighted by molar-refractivity contribution is -0.121. The fourth-order valence-electron chi connectivity index (χ4n) is 3.45. The minimum atomic E-state index is -0.101. The molecule has 0 radical (unpaired) electrons. The van der Waals surface area contributed by atoms with Crippen LogP contribution in [0.1, 0.15) is 18.4 Å². The van der Waals surface area contributed by atoms with Gasteiger partial charge in [0.25, 0.3) is 0 Å². The highest BCUT2D eigenvalue weighted by Crippen LogP contribution is 2.30. The van der Waals surface area contributed by atoms with Crippen LogP contribution in [0.15, 0.2) is 36.4 Å². The first-order valence-corrected chi connectivity index (χ1v) is 9.95. The number of carbonyl (C=O) groups is 1. The summed E-state index contributed by atoms with van der Waals surface area (Å²) in [7, 11) is 3.17. The Kier molecular flexibility index (Phi) is 7.05. The van der Waals surface area contributed by atoms with Crippen molar-refractivity contribution in [3.63, 3.8) is 0 Å². The molecule has 0 unspecified atom stereocenters. The number of methoxy groups -OCH3 is 2. The Balaban J connectivity index is 1.66. The van der Waals surface area contributed by atoms with Crippen molar-refractivity contribution < 1.29 is 14.3 Å². The van der Waals surface area contributed by atoms with Gasteiger partial charge in [-0.1, -0.05) is 29.3 Å². The molecule has 3 rings (SSSR count). The highest BCUT2D eigenvalue weighted by molar-refractivity contribution is 6.35. The van der Waals surface area contributed by atoms with Crippen LogP contribution in [0.2, 0.25) is 10.0 Å². The number of nitrogens with zero attached hydrogens (tertiary/aromatic N) is 1. The molecule has 0 aliphatic carbocycles. The average Bonchev–Trinajstić information content (AvgIpc) is 2.70. The zero-order valence-electron chi connectivity index (χ0n) is 16.0. The molecular formula is C21H24Cl2N2O3. The second-order valence-electron chi connectivity index (χ2n) is 6.87. The largest absolute Gasteiger partial charge is 0.497 e. The molecule has 0 bridgehead atoms. The maximum absolute atomic E-state index is 12.9. The van der Waals surface area contributed by atoms with Gasteiger partial charge in [0.2, 0.25) is 5.91 Å². The molecule has 7 heteroatoms. The van der Waals surface area contributed by atoms with Crippen LogP contribution in [-0.2, 0) is 11.3 Å². The van der Waals surface area contributed by atoms with Gasteiger partial charge in [-0.15, -0.1) is 0 Å². The lowest BCUT2D eigenvalue weighted by Crippen LogP contribution is -2.40. The molecule has 150 valence electrons. The predicted molar refractivity (Wildman–Crippen MR) is 113 cm³/mol. The second kappa shape index (κ2) is 9.50. The van der Waals surface area contributed by atoms with Crippen molar-refractivity contribution >= 4 is 34.8 Å². The Morgan fingerprint density at radius 2 is 2.00 bits per heavy atom. The lowest BCUT2D eigenvalue weighted by Gasteiger charge is -2.32. The van der Waals surface area contributed by atoms with Crippen molar-refractivity contribution in [1.82, 2.24) is 4.90 Å². The van der Waals surface area contributed by atoms with Gasteiger partial charge in [0, 0.05) is 29.2 Å². The SMILES string of the molecule is COc1ccc(OC)c(NC(=O)[C@@H]2CCCN(Cc3ccc(Cl)cc3Cl)C2)c1. The standard InChI is InChI=1S/C21H24Cl2N2O3/c1-27-17-7-8-20(28-2)19(11-17)24-21(26)15-4-3-9-25(13-15)12-14-5-6-16(22)10-18(14)23/h5-8,10-11,15H,3-4,9,12-13H2,1-2H3,(H,24,26)/t15-/m1/s1. The van der Waals surface area contributed by atoms with Crippen molar-refractivity contribution in [1.29, 1.82) is 0 Å². The van der Waals surface area contributed by atoms with Gasteiger partial charge in [-0.3, -0.25) is 9.69 Å². The van der Waals surface area contributed by atoms with Crippen LogP contribution < -0.4 is 14.8 Å². The van der Waals surface area contributed by atoms with Crippen LogP contribution in [0.5, 0.6) is 11.5 Å². The fraction of sp³-hybridized carbons (Fsp3) is 0.381. The third kappa shape index (κ3) is 5.10. The van der Waals surface area contributed by atoms with Crippen LogP contribution in [0.4, 0.5) is 5.69 Å². The molecule has 1 saturated heterocycles. The zero-order valence-corrected chi connectivity index (χ0v) is 17.5. The summed E-state index contributed by atoms with van der Waals surface area (Å²) in [5, 5.41) is 4.27. The summed E-state index contributed by atoms with van der Waals surface area (Å²) < 4.78 is 10.6. The Hall–Kier alpha value is -1.95. The molecule has 1 N–H and O–H groups in total. The molecule has 0 saturated carbocycles. The summed E-state index contributed by atoms with van der Waals surface area (Å²) in [4.78, 5) is 15.1. The van der Waals surface area contributed by atoms with Crippen LogP contribution in [0, 0.1) is 5.92 Å². The number of amides is 1.